The fourth-order valence-electron chi connectivity index (χ4n) is 3.41. The molecule has 0 aliphatic rings. The molecule has 1 N–H and O–H groups in total. The summed E-state index contributed by atoms with van der Waals surface area (Å²) in [5.41, 5.74) is 0. The Balaban J connectivity index is 7.21. The fraction of sp³-hybridized carbons (Fsp3) is 0.895. The summed E-state index contributed by atoms with van der Waals surface area (Å²) in [6, 6.07) is 0. The summed E-state index contributed by atoms with van der Waals surface area (Å²) in [5.74, 6) is -78.0. The van der Waals surface area contributed by atoms with Crippen LogP contribution in [0, 0.1) is 0 Å². The average Bonchev–Trinajstić information content (AvgIpc) is 2.85. The highest BCUT2D eigenvalue weighted by Gasteiger charge is 2.98. The number of quaternary nitrogens is 1. The molecular weight excluding hydrogens is 783 g/mol. The zero-order chi connectivity index (χ0) is 40.3. The van der Waals surface area contributed by atoms with Crippen LogP contribution >= 0.6 is 0 Å². The van der Waals surface area contributed by atoms with Gasteiger partial charge in [-0.1, -0.05) is 0 Å². The maximum absolute atomic E-state index is 14.5. The summed E-state index contributed by atoms with van der Waals surface area (Å²) in [6.45, 7) is -6.20. The minimum Gasteiger partial charge on any atom is -0.544 e. The van der Waals surface area contributed by atoms with E-state index in [9.17, 15) is 115 Å². The molecule has 0 heterocycles. The number of carboxylic acid groups (broad SMARTS) is 2. The zero-order valence-electron chi connectivity index (χ0n) is 23.3. The second-order valence-electron chi connectivity index (χ2n) is 10.4. The Labute approximate surface area is 257 Å². The Morgan fingerprint density at radius 2 is 0.918 bits per heavy atom. The number of carbonyl (C=O) groups is 2. The minimum atomic E-state index is -9.50. The molecule has 0 unspecified atom stereocenters. The summed E-state index contributed by atoms with van der Waals surface area (Å²) in [5, 5.41) is 11.2. The van der Waals surface area contributed by atoms with E-state index in [0.717, 1.165) is 14.1 Å². The molecule has 0 aromatic carbocycles. The van der Waals surface area contributed by atoms with Crippen LogP contribution in [0.5, 0.6) is 0 Å². The Bertz CT molecular complexity index is 1350. The number of carbonyl (C=O) groups excluding carboxylic acids is 1. The average molecular weight is 800 g/mol. The molecule has 8 nitrogen and oxygen atoms in total. The molecular formula is C19H17F21N2O6S. The number of hydrogen-bond donors (Lipinski definition) is 1. The van der Waals surface area contributed by atoms with E-state index in [0.29, 0.717) is 0 Å². The van der Waals surface area contributed by atoms with E-state index in [2.05, 4.69) is 0 Å². The molecule has 0 aromatic rings. The Hall–Kier alpha value is -2.66. The van der Waals surface area contributed by atoms with Gasteiger partial charge < -0.3 is 19.5 Å². The van der Waals surface area contributed by atoms with Crippen molar-refractivity contribution < 1.29 is 125 Å². The normalized spacial score (nSPS) is 15.9. The van der Waals surface area contributed by atoms with Gasteiger partial charge in [0.25, 0.3) is 10.0 Å². The predicted molar refractivity (Wildman–Crippen MR) is 110 cm³/mol. The first-order valence-electron chi connectivity index (χ1n) is 11.6. The number of halogens is 21. The first kappa shape index (κ1) is 46.3. The summed E-state index contributed by atoms with van der Waals surface area (Å²) >= 11 is 0. The van der Waals surface area contributed by atoms with E-state index in [1.54, 1.807) is 0 Å². The quantitative estimate of drug-likeness (QED) is 0.165. The van der Waals surface area contributed by atoms with E-state index >= 15 is 0 Å². The van der Waals surface area contributed by atoms with Crippen molar-refractivity contribution in [3.8, 4) is 0 Å². The van der Waals surface area contributed by atoms with Gasteiger partial charge in [-0.3, -0.25) is 4.79 Å². The zero-order valence-corrected chi connectivity index (χ0v) is 24.1. The molecule has 30 heteroatoms. The van der Waals surface area contributed by atoms with Crippen LogP contribution in [-0.2, 0) is 19.6 Å². The number of likely N-dealkylation sites (N-methyl/N-ethyl adjacent to an activating group) is 1. The van der Waals surface area contributed by atoms with Gasteiger partial charge in [0.05, 0.1) is 26.6 Å². The van der Waals surface area contributed by atoms with Gasteiger partial charge in [0, 0.05) is 13.0 Å². The third-order valence-corrected chi connectivity index (χ3v) is 8.08. The van der Waals surface area contributed by atoms with Gasteiger partial charge in [-0.2, -0.15) is 96.5 Å². The van der Waals surface area contributed by atoms with Gasteiger partial charge in [-0.25, -0.2) is 8.42 Å². The number of hydrogen-bond acceptors (Lipinski definition) is 5. The SMILES string of the molecule is C[N+](C)(CCCN(CC(=O)O)S(=O)(=O)C(F)(F)C(F)(F)C(F)(F)C(F)(F)C(F)(F)C(F)(F)C(F)(F)C(F)(F)C(F)(F)C(F)(F)F)CC(=O)[O-]. The van der Waals surface area contributed by atoms with Crippen molar-refractivity contribution in [2.24, 2.45) is 0 Å². The standard InChI is InChI=1S/C19H17F21N2O6S/c1-42(2,7-9(45)46)5-3-4-41(6-8(43)44)49(47,48)19(39,40)17(34,35)15(30,31)13(26,27)11(22,23)10(20,21)12(24,25)14(28,29)16(32,33)18(36,37)38/h3-7H2,1-2H3,(H-,43,44,45,46). The minimum absolute atomic E-state index is 0.788. The lowest BCUT2D eigenvalue weighted by Crippen LogP contribution is -2.77. The Morgan fingerprint density at radius 1 is 0.612 bits per heavy atom. The Morgan fingerprint density at radius 3 is 1.20 bits per heavy atom. The maximum atomic E-state index is 14.5. The van der Waals surface area contributed by atoms with Crippen LogP contribution in [0.25, 0.3) is 0 Å². The third-order valence-electron chi connectivity index (χ3n) is 6.19. The number of sulfonamides is 1. The van der Waals surface area contributed by atoms with Gasteiger partial charge >= 0.3 is 64.8 Å². The molecule has 0 spiro atoms. The molecule has 0 amide bonds. The number of aliphatic carboxylic acids is 2. The second kappa shape index (κ2) is 12.8. The van der Waals surface area contributed by atoms with Gasteiger partial charge in [-0.05, 0) is 0 Å². The molecule has 0 aliphatic heterocycles. The predicted octanol–water partition coefficient (Wildman–Crippen LogP) is 4.16. The molecule has 0 radical (unpaired) electrons. The largest absolute Gasteiger partial charge is 0.544 e. The van der Waals surface area contributed by atoms with E-state index in [-0.39, 0.29) is 0 Å². The van der Waals surface area contributed by atoms with Gasteiger partial charge in [0.1, 0.15) is 13.1 Å². The molecule has 292 valence electrons. The van der Waals surface area contributed by atoms with Crippen LogP contribution < -0.4 is 5.11 Å². The highest BCUT2D eigenvalue weighted by molar-refractivity contribution is 7.90. The van der Waals surface area contributed by atoms with Crippen LogP contribution in [0.1, 0.15) is 6.42 Å². The molecule has 0 saturated heterocycles. The number of carboxylic acids is 2. The number of nitrogens with zero attached hydrogens (tertiary/aromatic N) is 2. The van der Waals surface area contributed by atoms with Crippen molar-refractivity contribution in [1.82, 2.24) is 4.31 Å². The van der Waals surface area contributed by atoms with Crippen molar-refractivity contribution in [3.63, 3.8) is 0 Å². The van der Waals surface area contributed by atoms with Gasteiger partial charge in [0.15, 0.2) is 0 Å². The van der Waals surface area contributed by atoms with E-state index in [4.69, 9.17) is 5.11 Å². The van der Waals surface area contributed by atoms with Crippen molar-refractivity contribution in [2.75, 3.05) is 40.3 Å². The maximum Gasteiger partial charge on any atom is 0.460 e. The molecule has 0 aliphatic carbocycles. The first-order chi connectivity index (χ1) is 20.9. The molecule has 0 saturated carbocycles. The molecule has 0 aromatic heterocycles. The summed E-state index contributed by atoms with van der Waals surface area (Å²) in [7, 11) is -6.10. The highest BCUT2D eigenvalue weighted by atomic mass is 32.2. The number of rotatable bonds is 18. The third kappa shape index (κ3) is 7.12. The summed E-state index contributed by atoms with van der Waals surface area (Å²) < 4.78 is 307. The summed E-state index contributed by atoms with van der Waals surface area (Å²) in [4.78, 5) is 21.6. The second-order valence-corrected chi connectivity index (χ2v) is 12.4. The lowest BCUT2D eigenvalue weighted by Gasteiger charge is -2.44. The lowest BCUT2D eigenvalue weighted by molar-refractivity contribution is -0.884. The smallest absolute Gasteiger partial charge is 0.460 e. The summed E-state index contributed by atoms with van der Waals surface area (Å²) in [6.07, 6.45) is -9.28. The van der Waals surface area contributed by atoms with Crippen LogP contribution in [-0.4, -0.2) is 133 Å². The molecule has 0 bridgehead atoms. The Kier molecular flexibility index (Phi) is 12.1. The van der Waals surface area contributed by atoms with E-state index in [1.807, 2.05) is 0 Å². The molecule has 49 heavy (non-hydrogen) atoms. The van der Waals surface area contributed by atoms with Crippen molar-refractivity contribution in [1.29, 1.82) is 0 Å². The highest BCUT2D eigenvalue weighted by Crippen LogP contribution is 2.66. The van der Waals surface area contributed by atoms with E-state index < -0.39 is 122 Å². The van der Waals surface area contributed by atoms with Crippen LogP contribution in [0.3, 0.4) is 0 Å². The van der Waals surface area contributed by atoms with Crippen LogP contribution in [0.4, 0.5) is 92.2 Å². The van der Waals surface area contributed by atoms with Crippen molar-refractivity contribution >= 4 is 22.0 Å². The van der Waals surface area contributed by atoms with Gasteiger partial charge in [-0.15, -0.1) is 0 Å². The van der Waals surface area contributed by atoms with Crippen molar-refractivity contribution in [3.05, 3.63) is 0 Å². The monoisotopic (exact) mass is 800 g/mol. The molecule has 0 fully saturated rings. The molecule has 0 rings (SSSR count). The fourth-order valence-corrected chi connectivity index (χ4v) is 4.83. The van der Waals surface area contributed by atoms with Crippen LogP contribution in [0.2, 0.25) is 0 Å². The van der Waals surface area contributed by atoms with Crippen LogP contribution in [0.15, 0.2) is 0 Å². The number of alkyl halides is 21. The topological polar surface area (TPSA) is 115 Å². The lowest BCUT2D eigenvalue weighted by atomic mass is 9.87. The van der Waals surface area contributed by atoms with Gasteiger partial charge in [0.2, 0.25) is 0 Å². The van der Waals surface area contributed by atoms with Crippen molar-refractivity contribution in [2.45, 2.75) is 65.2 Å². The molecule has 0 atom stereocenters. The first-order valence-corrected chi connectivity index (χ1v) is 13.1. The van der Waals surface area contributed by atoms with E-state index in [1.165, 1.54) is 0 Å².